The molecular weight excluding hydrogens is 308 g/mol. The number of anilines is 1. The third kappa shape index (κ3) is 4.34. The molecule has 0 saturated carbocycles. The molecule has 0 spiro atoms. The monoisotopic (exact) mass is 324 g/mol. The highest BCUT2D eigenvalue weighted by molar-refractivity contribution is 5.94. The van der Waals surface area contributed by atoms with E-state index in [1.54, 1.807) is 55.5 Å². The van der Waals surface area contributed by atoms with Gasteiger partial charge in [-0.3, -0.25) is 4.79 Å². The second-order valence-electron chi connectivity index (χ2n) is 4.96. The Hall–Kier alpha value is -3.33. The number of esters is 1. The minimum absolute atomic E-state index is 0.345. The SMILES string of the molecule is COC(=O)c1ccc(O[C@@H](C)C(=O)Nc2cccc(C#N)c2)cc1. The van der Waals surface area contributed by atoms with Gasteiger partial charge >= 0.3 is 5.97 Å². The van der Waals surface area contributed by atoms with E-state index in [-0.39, 0.29) is 5.91 Å². The van der Waals surface area contributed by atoms with Gasteiger partial charge in [-0.15, -0.1) is 0 Å². The van der Waals surface area contributed by atoms with Crippen LogP contribution in [0.4, 0.5) is 5.69 Å². The Morgan fingerprint density at radius 1 is 1.17 bits per heavy atom. The predicted molar refractivity (Wildman–Crippen MR) is 87.7 cm³/mol. The first kappa shape index (κ1) is 17.0. The van der Waals surface area contributed by atoms with E-state index in [9.17, 15) is 9.59 Å². The molecule has 0 unspecified atom stereocenters. The van der Waals surface area contributed by atoms with E-state index in [1.807, 2.05) is 6.07 Å². The molecule has 24 heavy (non-hydrogen) atoms. The predicted octanol–water partition coefficient (Wildman–Crippen LogP) is 2.75. The minimum atomic E-state index is -0.750. The second-order valence-corrected chi connectivity index (χ2v) is 4.96. The van der Waals surface area contributed by atoms with Crippen LogP contribution in [-0.2, 0) is 9.53 Å². The highest BCUT2D eigenvalue weighted by atomic mass is 16.5. The molecule has 0 heterocycles. The van der Waals surface area contributed by atoms with E-state index in [1.165, 1.54) is 7.11 Å². The quantitative estimate of drug-likeness (QED) is 0.854. The summed E-state index contributed by atoms with van der Waals surface area (Å²) < 4.78 is 10.2. The summed E-state index contributed by atoms with van der Waals surface area (Å²) >= 11 is 0. The van der Waals surface area contributed by atoms with Crippen LogP contribution in [0.5, 0.6) is 5.75 Å². The first-order valence-electron chi connectivity index (χ1n) is 7.19. The maximum atomic E-state index is 12.1. The number of hydrogen-bond acceptors (Lipinski definition) is 5. The first-order chi connectivity index (χ1) is 11.5. The Labute approximate surface area is 139 Å². The summed E-state index contributed by atoms with van der Waals surface area (Å²) in [5, 5.41) is 11.5. The van der Waals surface area contributed by atoms with Crippen LogP contribution in [0.15, 0.2) is 48.5 Å². The summed E-state index contributed by atoms with van der Waals surface area (Å²) in [5.41, 5.74) is 1.38. The van der Waals surface area contributed by atoms with Gasteiger partial charge in [0.1, 0.15) is 5.75 Å². The fraction of sp³-hybridized carbons (Fsp3) is 0.167. The number of nitriles is 1. The van der Waals surface area contributed by atoms with Crippen LogP contribution in [0.25, 0.3) is 0 Å². The van der Waals surface area contributed by atoms with Crippen LogP contribution >= 0.6 is 0 Å². The molecule has 0 aliphatic heterocycles. The lowest BCUT2D eigenvalue weighted by molar-refractivity contribution is -0.122. The largest absolute Gasteiger partial charge is 0.481 e. The number of carbonyl (C=O) groups excluding carboxylic acids is 2. The maximum Gasteiger partial charge on any atom is 0.337 e. The fourth-order valence-electron chi connectivity index (χ4n) is 1.96. The molecule has 2 rings (SSSR count). The van der Waals surface area contributed by atoms with E-state index in [4.69, 9.17) is 10.00 Å². The fourth-order valence-corrected chi connectivity index (χ4v) is 1.96. The zero-order valence-electron chi connectivity index (χ0n) is 13.3. The molecule has 1 amide bonds. The smallest absolute Gasteiger partial charge is 0.337 e. The Kier molecular flexibility index (Phi) is 5.53. The van der Waals surface area contributed by atoms with Gasteiger partial charge in [-0.05, 0) is 49.4 Å². The normalized spacial score (nSPS) is 11.0. The molecule has 0 bridgehead atoms. The third-order valence-corrected chi connectivity index (χ3v) is 3.22. The molecule has 6 nitrogen and oxygen atoms in total. The van der Waals surface area contributed by atoms with Crippen LogP contribution in [0.2, 0.25) is 0 Å². The number of carbonyl (C=O) groups is 2. The van der Waals surface area contributed by atoms with Crippen molar-refractivity contribution in [1.82, 2.24) is 0 Å². The van der Waals surface area contributed by atoms with Crippen molar-refractivity contribution in [3.05, 3.63) is 59.7 Å². The number of rotatable bonds is 5. The van der Waals surface area contributed by atoms with Crippen molar-refractivity contribution < 1.29 is 19.1 Å². The van der Waals surface area contributed by atoms with Crippen LogP contribution < -0.4 is 10.1 Å². The summed E-state index contributed by atoms with van der Waals surface area (Å²) in [6.45, 7) is 1.61. The Morgan fingerprint density at radius 2 is 1.88 bits per heavy atom. The Bertz CT molecular complexity index is 778. The highest BCUT2D eigenvalue weighted by Crippen LogP contribution is 2.16. The lowest BCUT2D eigenvalue weighted by Crippen LogP contribution is -2.30. The van der Waals surface area contributed by atoms with Gasteiger partial charge in [-0.1, -0.05) is 6.07 Å². The van der Waals surface area contributed by atoms with Crippen molar-refractivity contribution in [2.75, 3.05) is 12.4 Å². The van der Waals surface area contributed by atoms with Gasteiger partial charge in [0.05, 0.1) is 24.3 Å². The van der Waals surface area contributed by atoms with E-state index >= 15 is 0 Å². The third-order valence-electron chi connectivity index (χ3n) is 3.22. The average molecular weight is 324 g/mol. The first-order valence-corrected chi connectivity index (χ1v) is 7.19. The average Bonchev–Trinajstić information content (AvgIpc) is 2.61. The van der Waals surface area contributed by atoms with E-state index < -0.39 is 12.1 Å². The zero-order valence-corrected chi connectivity index (χ0v) is 13.3. The highest BCUT2D eigenvalue weighted by Gasteiger charge is 2.15. The van der Waals surface area contributed by atoms with Gasteiger partial charge in [-0.2, -0.15) is 5.26 Å². The molecule has 2 aromatic carbocycles. The van der Waals surface area contributed by atoms with E-state index in [0.29, 0.717) is 22.6 Å². The van der Waals surface area contributed by atoms with Gasteiger partial charge in [0.2, 0.25) is 0 Å². The molecular formula is C18H16N2O4. The van der Waals surface area contributed by atoms with Crippen molar-refractivity contribution in [1.29, 1.82) is 5.26 Å². The number of nitrogens with one attached hydrogen (secondary N) is 1. The number of amides is 1. The summed E-state index contributed by atoms with van der Waals surface area (Å²) in [7, 11) is 1.31. The molecule has 1 atom stereocenters. The molecule has 6 heteroatoms. The molecule has 122 valence electrons. The molecule has 0 fully saturated rings. The molecule has 1 N–H and O–H groups in total. The van der Waals surface area contributed by atoms with Crippen LogP contribution in [-0.4, -0.2) is 25.1 Å². The van der Waals surface area contributed by atoms with Crippen LogP contribution in [0.3, 0.4) is 0 Å². The molecule has 0 aromatic heterocycles. The van der Waals surface area contributed by atoms with Crippen LogP contribution in [0, 0.1) is 11.3 Å². The minimum Gasteiger partial charge on any atom is -0.481 e. The Morgan fingerprint density at radius 3 is 2.50 bits per heavy atom. The number of benzene rings is 2. The summed E-state index contributed by atoms with van der Waals surface area (Å²) in [6.07, 6.45) is -0.750. The lowest BCUT2D eigenvalue weighted by atomic mass is 10.2. The molecule has 2 aromatic rings. The van der Waals surface area contributed by atoms with Crippen molar-refractivity contribution in [3.63, 3.8) is 0 Å². The standard InChI is InChI=1S/C18H16N2O4/c1-12(17(21)20-15-5-3-4-13(10-15)11-19)24-16-8-6-14(7-9-16)18(22)23-2/h3-10,12H,1-2H3,(H,20,21)/t12-/m0/s1. The summed E-state index contributed by atoms with van der Waals surface area (Å²) in [5.74, 6) is -0.331. The van der Waals surface area contributed by atoms with Crippen molar-refractivity contribution in [2.24, 2.45) is 0 Å². The zero-order chi connectivity index (χ0) is 17.5. The van der Waals surface area contributed by atoms with Crippen molar-refractivity contribution >= 4 is 17.6 Å². The summed E-state index contributed by atoms with van der Waals surface area (Å²) in [6, 6.07) is 14.9. The topological polar surface area (TPSA) is 88.4 Å². The van der Waals surface area contributed by atoms with E-state index in [2.05, 4.69) is 10.1 Å². The van der Waals surface area contributed by atoms with Gasteiger partial charge in [0, 0.05) is 5.69 Å². The summed E-state index contributed by atoms with van der Waals surface area (Å²) in [4.78, 5) is 23.5. The number of ether oxygens (including phenoxy) is 2. The number of hydrogen-bond donors (Lipinski definition) is 1. The maximum absolute atomic E-state index is 12.1. The van der Waals surface area contributed by atoms with Gasteiger partial charge < -0.3 is 14.8 Å². The lowest BCUT2D eigenvalue weighted by Gasteiger charge is -2.15. The molecule has 0 saturated heterocycles. The second kappa shape index (κ2) is 7.79. The number of nitrogens with zero attached hydrogens (tertiary/aromatic N) is 1. The molecule has 0 radical (unpaired) electrons. The molecule has 0 aliphatic carbocycles. The van der Waals surface area contributed by atoms with Crippen molar-refractivity contribution in [3.8, 4) is 11.8 Å². The van der Waals surface area contributed by atoms with Gasteiger partial charge in [0.25, 0.3) is 5.91 Å². The Balaban J connectivity index is 1.98. The van der Waals surface area contributed by atoms with E-state index in [0.717, 1.165) is 0 Å². The van der Waals surface area contributed by atoms with Gasteiger partial charge in [-0.25, -0.2) is 4.79 Å². The van der Waals surface area contributed by atoms with Gasteiger partial charge in [0.15, 0.2) is 6.10 Å². The van der Waals surface area contributed by atoms with Crippen molar-refractivity contribution in [2.45, 2.75) is 13.0 Å². The van der Waals surface area contributed by atoms with Crippen LogP contribution in [0.1, 0.15) is 22.8 Å². The molecule has 0 aliphatic rings. The number of methoxy groups -OCH3 is 1.